The Kier molecular flexibility index (Phi) is 4.39. The minimum absolute atomic E-state index is 0.273. The van der Waals surface area contributed by atoms with Crippen LogP contribution in [0.5, 0.6) is 0 Å². The van der Waals surface area contributed by atoms with Crippen LogP contribution in [-0.2, 0) is 4.74 Å². The van der Waals surface area contributed by atoms with E-state index in [-0.39, 0.29) is 5.97 Å². The molecule has 5 nitrogen and oxygen atoms in total. The Bertz CT molecular complexity index is 500. The van der Waals surface area contributed by atoms with Crippen molar-refractivity contribution in [3.63, 3.8) is 0 Å². The molecule has 114 valence electrons. The van der Waals surface area contributed by atoms with Gasteiger partial charge in [-0.2, -0.15) is 0 Å². The summed E-state index contributed by atoms with van der Waals surface area (Å²) in [6, 6.07) is 4.58. The molecule has 1 N–H and O–H groups in total. The first-order chi connectivity index (χ1) is 10.3. The SMILES string of the molecule is CCOC(=O)c1cccnc1N1CCCC1C1CCCN1. The topological polar surface area (TPSA) is 54.5 Å². The molecular formula is C16H23N3O2. The minimum Gasteiger partial charge on any atom is -0.462 e. The third-order valence-electron chi connectivity index (χ3n) is 4.42. The van der Waals surface area contributed by atoms with Gasteiger partial charge < -0.3 is 15.0 Å². The molecule has 0 bridgehead atoms. The van der Waals surface area contributed by atoms with E-state index < -0.39 is 0 Å². The molecule has 0 aromatic carbocycles. The summed E-state index contributed by atoms with van der Waals surface area (Å²) in [7, 11) is 0. The molecule has 0 spiro atoms. The molecule has 2 aliphatic rings. The highest BCUT2D eigenvalue weighted by molar-refractivity contribution is 5.94. The van der Waals surface area contributed by atoms with Crippen LogP contribution in [0.3, 0.4) is 0 Å². The molecule has 3 rings (SSSR count). The number of anilines is 1. The van der Waals surface area contributed by atoms with Crippen molar-refractivity contribution in [3.8, 4) is 0 Å². The van der Waals surface area contributed by atoms with E-state index in [2.05, 4.69) is 15.2 Å². The fourth-order valence-electron chi connectivity index (χ4n) is 3.51. The maximum atomic E-state index is 12.1. The summed E-state index contributed by atoms with van der Waals surface area (Å²) in [5.74, 6) is 0.512. The average molecular weight is 289 g/mol. The molecule has 2 aliphatic heterocycles. The van der Waals surface area contributed by atoms with Crippen LogP contribution in [0.1, 0.15) is 43.0 Å². The molecule has 2 atom stereocenters. The number of hydrogen-bond donors (Lipinski definition) is 1. The highest BCUT2D eigenvalue weighted by atomic mass is 16.5. The zero-order valence-corrected chi connectivity index (χ0v) is 12.5. The molecule has 1 aromatic heterocycles. The molecule has 0 saturated carbocycles. The number of ether oxygens (including phenoxy) is 1. The van der Waals surface area contributed by atoms with Crippen LogP contribution in [0.25, 0.3) is 0 Å². The second-order valence-electron chi connectivity index (χ2n) is 5.70. The second-order valence-corrected chi connectivity index (χ2v) is 5.70. The molecule has 5 heteroatoms. The Morgan fingerprint density at radius 3 is 3.14 bits per heavy atom. The van der Waals surface area contributed by atoms with Crippen molar-refractivity contribution in [3.05, 3.63) is 23.9 Å². The van der Waals surface area contributed by atoms with Crippen molar-refractivity contribution in [2.45, 2.75) is 44.7 Å². The van der Waals surface area contributed by atoms with E-state index in [1.807, 2.05) is 13.0 Å². The quantitative estimate of drug-likeness (QED) is 0.859. The number of carbonyl (C=O) groups is 1. The van der Waals surface area contributed by atoms with Gasteiger partial charge in [-0.15, -0.1) is 0 Å². The third-order valence-corrected chi connectivity index (χ3v) is 4.42. The molecule has 2 saturated heterocycles. The zero-order chi connectivity index (χ0) is 14.7. The monoisotopic (exact) mass is 289 g/mol. The number of nitrogens with one attached hydrogen (secondary N) is 1. The largest absolute Gasteiger partial charge is 0.462 e. The van der Waals surface area contributed by atoms with Gasteiger partial charge in [0.05, 0.1) is 6.61 Å². The van der Waals surface area contributed by atoms with Crippen LogP contribution < -0.4 is 10.2 Å². The van der Waals surface area contributed by atoms with E-state index in [0.717, 1.165) is 31.7 Å². The van der Waals surface area contributed by atoms with Gasteiger partial charge in [0.1, 0.15) is 11.4 Å². The Morgan fingerprint density at radius 2 is 2.38 bits per heavy atom. The lowest BCUT2D eigenvalue weighted by molar-refractivity contribution is 0.0526. The lowest BCUT2D eigenvalue weighted by atomic mass is 10.0. The Morgan fingerprint density at radius 1 is 1.48 bits per heavy atom. The summed E-state index contributed by atoms with van der Waals surface area (Å²) < 4.78 is 5.17. The van der Waals surface area contributed by atoms with Gasteiger partial charge in [-0.1, -0.05) is 0 Å². The number of esters is 1. The van der Waals surface area contributed by atoms with Crippen LogP contribution in [0, 0.1) is 0 Å². The minimum atomic E-state index is -0.273. The Labute approximate surface area is 125 Å². The number of aromatic nitrogens is 1. The Hall–Kier alpha value is -1.62. The first-order valence-electron chi connectivity index (χ1n) is 7.93. The van der Waals surface area contributed by atoms with Gasteiger partial charge >= 0.3 is 5.97 Å². The van der Waals surface area contributed by atoms with E-state index in [1.165, 1.54) is 12.8 Å². The molecule has 2 fully saturated rings. The first kappa shape index (κ1) is 14.3. The van der Waals surface area contributed by atoms with Crippen LogP contribution in [0.15, 0.2) is 18.3 Å². The van der Waals surface area contributed by atoms with E-state index >= 15 is 0 Å². The van der Waals surface area contributed by atoms with Crippen molar-refractivity contribution < 1.29 is 9.53 Å². The number of rotatable bonds is 4. The zero-order valence-electron chi connectivity index (χ0n) is 12.5. The van der Waals surface area contributed by atoms with Crippen molar-refractivity contribution in [1.82, 2.24) is 10.3 Å². The highest BCUT2D eigenvalue weighted by Gasteiger charge is 2.35. The van der Waals surface area contributed by atoms with Gasteiger partial charge in [0.15, 0.2) is 0 Å². The normalized spacial score (nSPS) is 25.3. The molecule has 1 aromatic rings. The van der Waals surface area contributed by atoms with Crippen molar-refractivity contribution >= 4 is 11.8 Å². The average Bonchev–Trinajstić information content (AvgIpc) is 3.18. The summed E-state index contributed by atoms with van der Waals surface area (Å²) in [5, 5.41) is 3.59. The number of carbonyl (C=O) groups excluding carboxylic acids is 1. The molecule has 21 heavy (non-hydrogen) atoms. The van der Waals surface area contributed by atoms with Gasteiger partial charge in [0.25, 0.3) is 0 Å². The smallest absolute Gasteiger partial charge is 0.341 e. The number of pyridine rings is 1. The van der Waals surface area contributed by atoms with Gasteiger partial charge in [-0.3, -0.25) is 0 Å². The summed E-state index contributed by atoms with van der Waals surface area (Å²) >= 11 is 0. The maximum Gasteiger partial charge on any atom is 0.341 e. The van der Waals surface area contributed by atoms with Crippen LogP contribution in [0.2, 0.25) is 0 Å². The number of nitrogens with zero attached hydrogens (tertiary/aromatic N) is 2. The summed E-state index contributed by atoms with van der Waals surface area (Å²) in [6.45, 7) is 4.28. The molecular weight excluding hydrogens is 266 g/mol. The predicted molar refractivity (Wildman–Crippen MR) is 81.6 cm³/mol. The first-order valence-corrected chi connectivity index (χ1v) is 7.93. The van der Waals surface area contributed by atoms with Crippen molar-refractivity contribution in [2.75, 3.05) is 24.6 Å². The van der Waals surface area contributed by atoms with Crippen molar-refractivity contribution in [1.29, 1.82) is 0 Å². The van der Waals surface area contributed by atoms with Gasteiger partial charge in [-0.05, 0) is 51.3 Å². The maximum absolute atomic E-state index is 12.1. The second kappa shape index (κ2) is 6.43. The number of hydrogen-bond acceptors (Lipinski definition) is 5. The third kappa shape index (κ3) is 2.88. The molecule has 0 radical (unpaired) electrons. The van der Waals surface area contributed by atoms with Gasteiger partial charge in [0, 0.05) is 24.8 Å². The summed E-state index contributed by atoms with van der Waals surface area (Å²) in [4.78, 5) is 18.9. The highest BCUT2D eigenvalue weighted by Crippen LogP contribution is 2.31. The predicted octanol–water partition coefficient (Wildman–Crippen LogP) is 1.98. The van der Waals surface area contributed by atoms with Crippen LogP contribution in [-0.4, -0.2) is 42.7 Å². The van der Waals surface area contributed by atoms with E-state index in [4.69, 9.17) is 4.74 Å². The van der Waals surface area contributed by atoms with E-state index in [0.29, 0.717) is 24.3 Å². The fourth-order valence-corrected chi connectivity index (χ4v) is 3.51. The van der Waals surface area contributed by atoms with Crippen LogP contribution in [0.4, 0.5) is 5.82 Å². The molecule has 2 unspecified atom stereocenters. The fraction of sp³-hybridized carbons (Fsp3) is 0.625. The lowest BCUT2D eigenvalue weighted by Gasteiger charge is -2.31. The van der Waals surface area contributed by atoms with Gasteiger partial charge in [0.2, 0.25) is 0 Å². The van der Waals surface area contributed by atoms with Crippen LogP contribution >= 0.6 is 0 Å². The van der Waals surface area contributed by atoms with E-state index in [1.54, 1.807) is 12.3 Å². The molecule has 3 heterocycles. The summed E-state index contributed by atoms with van der Waals surface area (Å²) in [6.07, 6.45) is 6.53. The Balaban J connectivity index is 1.86. The standard InChI is InChI=1S/C16H23N3O2/c1-2-21-16(20)12-6-3-10-18-15(12)19-11-5-8-14(19)13-7-4-9-17-13/h3,6,10,13-14,17H,2,4-5,7-9,11H2,1H3. The molecule has 0 amide bonds. The lowest BCUT2D eigenvalue weighted by Crippen LogP contribution is -2.44. The summed E-state index contributed by atoms with van der Waals surface area (Å²) in [5.41, 5.74) is 0.587. The molecule has 0 aliphatic carbocycles. The van der Waals surface area contributed by atoms with Gasteiger partial charge in [-0.25, -0.2) is 9.78 Å². The van der Waals surface area contributed by atoms with E-state index in [9.17, 15) is 4.79 Å². The van der Waals surface area contributed by atoms with Crippen molar-refractivity contribution in [2.24, 2.45) is 0 Å².